The molecule has 6 heteroatoms. The number of hydrogen-bond donors (Lipinski definition) is 2. The zero-order valence-electron chi connectivity index (χ0n) is 12.1. The van der Waals surface area contributed by atoms with Crippen LogP contribution in [0.4, 0.5) is 23.5 Å². The molecule has 106 valence electrons. The van der Waals surface area contributed by atoms with Gasteiger partial charge in [0.05, 0.1) is 0 Å². The molecule has 1 aromatic carbocycles. The Morgan fingerprint density at radius 3 is 2.20 bits per heavy atom. The fourth-order valence-corrected chi connectivity index (χ4v) is 1.83. The van der Waals surface area contributed by atoms with Crippen LogP contribution >= 0.6 is 0 Å². The minimum absolute atomic E-state index is 0.539. The van der Waals surface area contributed by atoms with Gasteiger partial charge in [-0.3, -0.25) is 0 Å². The Kier molecular flexibility index (Phi) is 4.70. The minimum Gasteiger partial charge on any atom is -0.357 e. The number of benzene rings is 1. The summed E-state index contributed by atoms with van der Waals surface area (Å²) in [6.07, 6.45) is 0. The lowest BCUT2D eigenvalue weighted by molar-refractivity contribution is 0.815. The van der Waals surface area contributed by atoms with Crippen LogP contribution < -0.4 is 15.5 Å². The van der Waals surface area contributed by atoms with Crippen molar-refractivity contribution >= 4 is 23.5 Å². The Hall–Kier alpha value is -2.37. The van der Waals surface area contributed by atoms with E-state index in [-0.39, 0.29) is 0 Å². The molecule has 2 aromatic rings. The van der Waals surface area contributed by atoms with Gasteiger partial charge in [0.25, 0.3) is 0 Å². The third-order valence-electron chi connectivity index (χ3n) is 2.92. The van der Waals surface area contributed by atoms with Crippen LogP contribution in [0.3, 0.4) is 0 Å². The maximum absolute atomic E-state index is 4.47. The highest BCUT2D eigenvalue weighted by molar-refractivity contribution is 5.55. The summed E-state index contributed by atoms with van der Waals surface area (Å²) in [5.74, 6) is 1.77. The van der Waals surface area contributed by atoms with E-state index in [0.717, 1.165) is 18.8 Å². The molecule has 0 bridgehead atoms. The SMILES string of the molecule is CCN(CC)c1nc(NC)nc(Nc2ccccc2)n1. The first-order valence-corrected chi connectivity index (χ1v) is 6.77. The van der Waals surface area contributed by atoms with Crippen molar-refractivity contribution in [3.8, 4) is 0 Å². The van der Waals surface area contributed by atoms with Crippen LogP contribution in [0.1, 0.15) is 13.8 Å². The van der Waals surface area contributed by atoms with Gasteiger partial charge < -0.3 is 15.5 Å². The first kappa shape index (κ1) is 14.0. The average molecular weight is 272 g/mol. The van der Waals surface area contributed by atoms with E-state index in [1.54, 1.807) is 7.05 Å². The number of hydrogen-bond acceptors (Lipinski definition) is 6. The van der Waals surface area contributed by atoms with Crippen molar-refractivity contribution in [2.75, 3.05) is 35.7 Å². The van der Waals surface area contributed by atoms with Gasteiger partial charge in [0.15, 0.2) is 0 Å². The summed E-state index contributed by atoms with van der Waals surface area (Å²) in [5.41, 5.74) is 0.950. The molecule has 0 aliphatic heterocycles. The Bertz CT molecular complexity index is 539. The molecule has 2 N–H and O–H groups in total. The molecule has 0 atom stereocenters. The van der Waals surface area contributed by atoms with E-state index < -0.39 is 0 Å². The maximum Gasteiger partial charge on any atom is 0.233 e. The molecule has 0 spiro atoms. The summed E-state index contributed by atoms with van der Waals surface area (Å²) in [6.45, 7) is 5.87. The molecule has 0 amide bonds. The summed E-state index contributed by atoms with van der Waals surface area (Å²) in [5, 5.41) is 6.16. The average Bonchev–Trinajstić information content (AvgIpc) is 2.49. The zero-order chi connectivity index (χ0) is 14.4. The van der Waals surface area contributed by atoms with E-state index in [4.69, 9.17) is 0 Å². The normalized spacial score (nSPS) is 10.2. The van der Waals surface area contributed by atoms with Gasteiger partial charge in [-0.2, -0.15) is 15.0 Å². The fraction of sp³-hybridized carbons (Fsp3) is 0.357. The van der Waals surface area contributed by atoms with Crippen molar-refractivity contribution < 1.29 is 0 Å². The molecule has 20 heavy (non-hydrogen) atoms. The molecular weight excluding hydrogens is 252 g/mol. The maximum atomic E-state index is 4.47. The lowest BCUT2D eigenvalue weighted by Gasteiger charge is -2.19. The molecule has 2 rings (SSSR count). The van der Waals surface area contributed by atoms with E-state index in [1.807, 2.05) is 30.3 Å². The van der Waals surface area contributed by atoms with Gasteiger partial charge in [0.2, 0.25) is 17.8 Å². The van der Waals surface area contributed by atoms with E-state index in [9.17, 15) is 0 Å². The standard InChI is InChI=1S/C14H20N6/c1-4-20(5-2)14-18-12(15-3)17-13(19-14)16-11-9-7-6-8-10-11/h6-10H,4-5H2,1-3H3,(H2,15,16,17,18,19). The van der Waals surface area contributed by atoms with Gasteiger partial charge in [-0.05, 0) is 26.0 Å². The molecule has 0 aliphatic rings. The second-order valence-corrected chi connectivity index (χ2v) is 4.20. The summed E-state index contributed by atoms with van der Waals surface area (Å²) in [7, 11) is 1.80. The summed E-state index contributed by atoms with van der Waals surface area (Å²) < 4.78 is 0. The highest BCUT2D eigenvalue weighted by atomic mass is 15.3. The summed E-state index contributed by atoms with van der Waals surface area (Å²) >= 11 is 0. The van der Waals surface area contributed by atoms with Gasteiger partial charge in [-0.15, -0.1) is 0 Å². The van der Waals surface area contributed by atoms with Crippen molar-refractivity contribution in [3.05, 3.63) is 30.3 Å². The minimum atomic E-state index is 0.539. The molecular formula is C14H20N6. The second-order valence-electron chi connectivity index (χ2n) is 4.20. The zero-order valence-corrected chi connectivity index (χ0v) is 12.1. The second kappa shape index (κ2) is 6.70. The molecule has 0 radical (unpaired) electrons. The van der Waals surface area contributed by atoms with Crippen LogP contribution in [-0.2, 0) is 0 Å². The van der Waals surface area contributed by atoms with Crippen molar-refractivity contribution in [1.29, 1.82) is 0 Å². The molecule has 0 aliphatic carbocycles. The molecule has 0 fully saturated rings. The van der Waals surface area contributed by atoms with Gasteiger partial charge in [0, 0.05) is 25.8 Å². The van der Waals surface area contributed by atoms with Gasteiger partial charge in [-0.25, -0.2) is 0 Å². The predicted molar refractivity (Wildman–Crippen MR) is 82.7 cm³/mol. The van der Waals surface area contributed by atoms with Crippen LogP contribution in [0.2, 0.25) is 0 Å². The fourth-order valence-electron chi connectivity index (χ4n) is 1.83. The van der Waals surface area contributed by atoms with Crippen molar-refractivity contribution in [1.82, 2.24) is 15.0 Å². The molecule has 0 saturated carbocycles. The van der Waals surface area contributed by atoms with E-state index >= 15 is 0 Å². The lowest BCUT2D eigenvalue weighted by Crippen LogP contribution is -2.25. The van der Waals surface area contributed by atoms with Gasteiger partial charge >= 0.3 is 0 Å². The van der Waals surface area contributed by atoms with E-state index in [2.05, 4.69) is 44.3 Å². The van der Waals surface area contributed by atoms with Crippen LogP contribution in [0.5, 0.6) is 0 Å². The van der Waals surface area contributed by atoms with Crippen LogP contribution in [0.15, 0.2) is 30.3 Å². The lowest BCUT2D eigenvalue weighted by atomic mass is 10.3. The third kappa shape index (κ3) is 3.34. The monoisotopic (exact) mass is 272 g/mol. The Morgan fingerprint density at radius 1 is 0.950 bits per heavy atom. The number of nitrogens with zero attached hydrogens (tertiary/aromatic N) is 4. The van der Waals surface area contributed by atoms with Gasteiger partial charge in [-0.1, -0.05) is 18.2 Å². The van der Waals surface area contributed by atoms with E-state index in [0.29, 0.717) is 17.8 Å². The Morgan fingerprint density at radius 2 is 1.60 bits per heavy atom. The summed E-state index contributed by atoms with van der Waals surface area (Å²) in [4.78, 5) is 15.3. The Labute approximate surface area is 119 Å². The van der Waals surface area contributed by atoms with Crippen molar-refractivity contribution in [2.24, 2.45) is 0 Å². The van der Waals surface area contributed by atoms with Gasteiger partial charge in [0.1, 0.15) is 0 Å². The number of para-hydroxylation sites is 1. The summed E-state index contributed by atoms with van der Waals surface area (Å²) in [6, 6.07) is 9.85. The molecule has 0 unspecified atom stereocenters. The largest absolute Gasteiger partial charge is 0.357 e. The number of aromatic nitrogens is 3. The highest BCUT2D eigenvalue weighted by Crippen LogP contribution is 2.17. The first-order chi connectivity index (χ1) is 9.76. The number of nitrogens with one attached hydrogen (secondary N) is 2. The van der Waals surface area contributed by atoms with Crippen LogP contribution in [0.25, 0.3) is 0 Å². The first-order valence-electron chi connectivity index (χ1n) is 6.77. The Balaban J connectivity index is 2.30. The molecule has 1 aromatic heterocycles. The highest BCUT2D eigenvalue weighted by Gasteiger charge is 2.10. The number of anilines is 4. The molecule has 0 saturated heterocycles. The van der Waals surface area contributed by atoms with Crippen LogP contribution in [-0.4, -0.2) is 35.1 Å². The molecule has 6 nitrogen and oxygen atoms in total. The van der Waals surface area contributed by atoms with E-state index in [1.165, 1.54) is 0 Å². The smallest absolute Gasteiger partial charge is 0.233 e. The van der Waals surface area contributed by atoms with Crippen molar-refractivity contribution in [3.63, 3.8) is 0 Å². The number of rotatable bonds is 6. The predicted octanol–water partition coefficient (Wildman–Crippen LogP) is 2.50. The van der Waals surface area contributed by atoms with Crippen LogP contribution in [0, 0.1) is 0 Å². The van der Waals surface area contributed by atoms with Crippen molar-refractivity contribution in [2.45, 2.75) is 13.8 Å². The quantitative estimate of drug-likeness (QED) is 0.842. The molecule has 1 heterocycles. The topological polar surface area (TPSA) is 66.0 Å². The third-order valence-corrected chi connectivity index (χ3v) is 2.92.